The lowest BCUT2D eigenvalue weighted by Gasteiger charge is -2.09. The van der Waals surface area contributed by atoms with Gasteiger partial charge in [0.2, 0.25) is 10.0 Å². The van der Waals surface area contributed by atoms with Crippen LogP contribution in [0.4, 0.5) is 4.79 Å². The highest BCUT2D eigenvalue weighted by atomic mass is 32.2. The van der Waals surface area contributed by atoms with E-state index >= 15 is 0 Å². The van der Waals surface area contributed by atoms with Gasteiger partial charge in [-0.15, -0.1) is 0 Å². The lowest BCUT2D eigenvalue weighted by Crippen LogP contribution is -2.37. The zero-order valence-electron chi connectivity index (χ0n) is 11.6. The number of nitrogens with two attached hydrogens (primary N) is 2. The molecule has 8 heteroatoms. The van der Waals surface area contributed by atoms with E-state index in [0.29, 0.717) is 5.56 Å². The van der Waals surface area contributed by atoms with Gasteiger partial charge in [-0.2, -0.15) is 0 Å². The Hall–Kier alpha value is -2.08. The largest absolute Gasteiger partial charge is 0.352 e. The van der Waals surface area contributed by atoms with Crippen LogP contribution in [-0.2, 0) is 10.0 Å². The van der Waals surface area contributed by atoms with Crippen molar-refractivity contribution >= 4 is 16.1 Å². The smallest absolute Gasteiger partial charge is 0.312 e. The van der Waals surface area contributed by atoms with Crippen LogP contribution in [0.15, 0.2) is 23.1 Å². The van der Waals surface area contributed by atoms with Crippen molar-refractivity contribution in [2.24, 2.45) is 11.5 Å². The molecule has 1 rings (SSSR count). The molecule has 7 nitrogen and oxygen atoms in total. The van der Waals surface area contributed by atoms with Crippen LogP contribution < -0.4 is 21.5 Å². The maximum absolute atomic E-state index is 12.2. The first kappa shape index (κ1) is 17.0. The number of sulfonamides is 1. The molecule has 0 aliphatic carbocycles. The van der Waals surface area contributed by atoms with Gasteiger partial charge in [-0.25, -0.2) is 17.9 Å². The number of nitrogens with one attached hydrogen (secondary N) is 2. The summed E-state index contributed by atoms with van der Waals surface area (Å²) in [5.41, 5.74) is 11.5. The second-order valence-electron chi connectivity index (χ2n) is 4.19. The maximum atomic E-state index is 12.2. The van der Waals surface area contributed by atoms with Crippen LogP contribution in [0, 0.1) is 18.8 Å². The zero-order valence-corrected chi connectivity index (χ0v) is 12.5. The molecule has 0 spiro atoms. The van der Waals surface area contributed by atoms with Crippen molar-refractivity contribution in [2.45, 2.75) is 11.8 Å². The molecule has 2 amide bonds. The number of carbonyl (C=O) groups is 1. The molecule has 0 aromatic heterocycles. The summed E-state index contributed by atoms with van der Waals surface area (Å²) in [4.78, 5) is 10.6. The van der Waals surface area contributed by atoms with Gasteiger partial charge in [-0.1, -0.05) is 17.9 Å². The Morgan fingerprint density at radius 3 is 2.67 bits per heavy atom. The van der Waals surface area contributed by atoms with Crippen LogP contribution in [0.3, 0.4) is 0 Å². The van der Waals surface area contributed by atoms with Gasteiger partial charge in [0.05, 0.1) is 11.4 Å². The fraction of sp³-hybridized carbons (Fsp3) is 0.308. The summed E-state index contributed by atoms with van der Waals surface area (Å²) in [7, 11) is -3.72. The van der Waals surface area contributed by atoms with Crippen molar-refractivity contribution in [3.05, 3.63) is 29.3 Å². The van der Waals surface area contributed by atoms with Crippen molar-refractivity contribution in [3.63, 3.8) is 0 Å². The summed E-state index contributed by atoms with van der Waals surface area (Å²) >= 11 is 0. The van der Waals surface area contributed by atoms with Crippen molar-refractivity contribution in [2.75, 3.05) is 19.6 Å². The predicted octanol–water partition coefficient (Wildman–Crippen LogP) is -0.748. The van der Waals surface area contributed by atoms with Crippen LogP contribution in [0.2, 0.25) is 0 Å². The first-order valence-electron chi connectivity index (χ1n) is 6.19. The molecule has 21 heavy (non-hydrogen) atoms. The fourth-order valence-corrected chi connectivity index (χ4v) is 2.74. The quantitative estimate of drug-likeness (QED) is 0.421. The lowest BCUT2D eigenvalue weighted by molar-refractivity contribution is 0.249. The van der Waals surface area contributed by atoms with Gasteiger partial charge in [0.15, 0.2) is 0 Å². The van der Waals surface area contributed by atoms with Crippen molar-refractivity contribution < 1.29 is 13.2 Å². The second-order valence-corrected chi connectivity index (χ2v) is 5.93. The summed E-state index contributed by atoms with van der Waals surface area (Å²) in [6, 6.07) is 4.14. The van der Waals surface area contributed by atoms with Gasteiger partial charge < -0.3 is 16.8 Å². The Bertz CT molecular complexity index is 674. The molecule has 0 radical (unpaired) electrons. The number of benzene rings is 1. The van der Waals surface area contributed by atoms with Gasteiger partial charge in [0, 0.05) is 18.7 Å². The highest BCUT2D eigenvalue weighted by Gasteiger charge is 2.17. The van der Waals surface area contributed by atoms with Crippen LogP contribution >= 0.6 is 0 Å². The van der Waals surface area contributed by atoms with Crippen LogP contribution in [0.5, 0.6) is 0 Å². The SMILES string of the molecule is Cc1ccc(S(=O)(=O)NCCNC(N)=O)c(C#CCN)c1. The summed E-state index contributed by atoms with van der Waals surface area (Å²) in [6.45, 7) is 2.12. The number of urea groups is 1. The third-order valence-electron chi connectivity index (χ3n) is 2.47. The highest BCUT2D eigenvalue weighted by Crippen LogP contribution is 2.16. The van der Waals surface area contributed by atoms with Gasteiger partial charge in [0.25, 0.3) is 0 Å². The van der Waals surface area contributed by atoms with Crippen molar-refractivity contribution in [1.82, 2.24) is 10.0 Å². The fourth-order valence-electron chi connectivity index (χ4n) is 1.57. The van der Waals surface area contributed by atoms with Crippen LogP contribution in [0.25, 0.3) is 0 Å². The Morgan fingerprint density at radius 2 is 2.05 bits per heavy atom. The molecule has 0 atom stereocenters. The zero-order chi connectivity index (χ0) is 15.9. The number of hydrogen-bond donors (Lipinski definition) is 4. The van der Waals surface area contributed by atoms with E-state index in [4.69, 9.17) is 11.5 Å². The first-order chi connectivity index (χ1) is 9.86. The molecule has 0 aliphatic rings. The summed E-state index contributed by atoms with van der Waals surface area (Å²) in [6.07, 6.45) is 0. The number of aryl methyl sites for hydroxylation is 1. The van der Waals surface area contributed by atoms with E-state index in [0.717, 1.165) is 5.56 Å². The predicted molar refractivity (Wildman–Crippen MR) is 79.9 cm³/mol. The molecule has 0 heterocycles. The Morgan fingerprint density at radius 1 is 1.33 bits per heavy atom. The Labute approximate surface area is 124 Å². The molecule has 0 saturated carbocycles. The molecule has 0 aliphatic heterocycles. The van der Waals surface area contributed by atoms with Gasteiger partial charge in [-0.05, 0) is 24.6 Å². The first-order valence-corrected chi connectivity index (χ1v) is 7.67. The average molecular weight is 310 g/mol. The number of carbonyl (C=O) groups excluding carboxylic acids is 1. The van der Waals surface area contributed by atoms with E-state index in [-0.39, 0.29) is 24.5 Å². The minimum atomic E-state index is -3.72. The maximum Gasteiger partial charge on any atom is 0.312 e. The monoisotopic (exact) mass is 310 g/mol. The summed E-state index contributed by atoms with van der Waals surface area (Å²) in [5, 5.41) is 2.29. The molecule has 6 N–H and O–H groups in total. The molecular weight excluding hydrogens is 292 g/mol. The standard InChI is InChI=1S/C13H18N4O3S/c1-10-4-5-12(11(9-10)3-2-6-14)21(19,20)17-8-7-16-13(15)18/h4-5,9,17H,6-8,14H2,1H3,(H3,15,16,18). The third kappa shape index (κ3) is 5.43. The number of rotatable bonds is 5. The summed E-state index contributed by atoms with van der Waals surface area (Å²) < 4.78 is 26.8. The molecular formula is C13H18N4O3S. The van der Waals surface area contributed by atoms with E-state index in [2.05, 4.69) is 21.9 Å². The average Bonchev–Trinajstić information content (AvgIpc) is 2.41. The second kappa shape index (κ2) is 7.64. The van der Waals surface area contributed by atoms with E-state index in [1.165, 1.54) is 6.07 Å². The minimum Gasteiger partial charge on any atom is -0.352 e. The Kier molecular flexibility index (Phi) is 6.17. The van der Waals surface area contributed by atoms with Crippen molar-refractivity contribution in [1.29, 1.82) is 0 Å². The molecule has 0 fully saturated rings. The topological polar surface area (TPSA) is 127 Å². The van der Waals surface area contributed by atoms with E-state index < -0.39 is 16.1 Å². The minimum absolute atomic E-state index is 0.0307. The van der Waals surface area contributed by atoms with Crippen LogP contribution in [-0.4, -0.2) is 34.1 Å². The van der Waals surface area contributed by atoms with E-state index in [1.54, 1.807) is 12.1 Å². The van der Waals surface area contributed by atoms with E-state index in [1.807, 2.05) is 6.92 Å². The van der Waals surface area contributed by atoms with Gasteiger partial charge in [-0.3, -0.25) is 0 Å². The number of amides is 2. The normalized spacial score (nSPS) is 10.6. The number of hydrogen-bond acceptors (Lipinski definition) is 4. The molecule has 0 bridgehead atoms. The number of primary amides is 1. The lowest BCUT2D eigenvalue weighted by atomic mass is 10.1. The molecule has 0 unspecified atom stereocenters. The molecule has 1 aromatic carbocycles. The molecule has 0 saturated heterocycles. The molecule has 1 aromatic rings. The van der Waals surface area contributed by atoms with E-state index in [9.17, 15) is 13.2 Å². The van der Waals surface area contributed by atoms with Crippen LogP contribution in [0.1, 0.15) is 11.1 Å². The summed E-state index contributed by atoms with van der Waals surface area (Å²) in [5.74, 6) is 5.38. The Balaban J connectivity index is 2.94. The van der Waals surface area contributed by atoms with Gasteiger partial charge >= 0.3 is 6.03 Å². The molecule has 114 valence electrons. The highest BCUT2D eigenvalue weighted by molar-refractivity contribution is 7.89. The van der Waals surface area contributed by atoms with Crippen molar-refractivity contribution in [3.8, 4) is 11.8 Å². The van der Waals surface area contributed by atoms with Gasteiger partial charge in [0.1, 0.15) is 0 Å². The third-order valence-corrected chi connectivity index (χ3v) is 3.99.